The smallest absolute Gasteiger partial charge is 0.330 e. The molecule has 0 aromatic carbocycles. The second kappa shape index (κ2) is 16.7. The van der Waals surface area contributed by atoms with Crippen molar-refractivity contribution in [1.29, 1.82) is 0 Å². The van der Waals surface area contributed by atoms with Crippen molar-refractivity contribution < 1.29 is 47.6 Å². The van der Waals surface area contributed by atoms with Crippen molar-refractivity contribution in [1.82, 2.24) is 19.1 Å². The van der Waals surface area contributed by atoms with E-state index in [0.29, 0.717) is 0 Å². The van der Waals surface area contributed by atoms with Crippen LogP contribution in [0.2, 0.25) is 0 Å². The van der Waals surface area contributed by atoms with Crippen LogP contribution in [0.5, 0.6) is 0 Å². The van der Waals surface area contributed by atoms with Crippen LogP contribution in [0, 0.1) is 10.5 Å². The zero-order valence-corrected chi connectivity index (χ0v) is 29.6. The molecule has 0 radical (unpaired) electrons. The Morgan fingerprint density at radius 2 is 1.12 bits per heavy atom. The molecule has 0 aliphatic carbocycles. The maximum Gasteiger partial charge on any atom is 0.330 e. The van der Waals surface area contributed by atoms with Gasteiger partial charge < -0.3 is 28.4 Å². The average Bonchev–Trinajstić information content (AvgIpc) is 3.45. The topological polar surface area (TPSA) is 233 Å². The Kier molecular flexibility index (Phi) is 13.6. The third-order valence-electron chi connectivity index (χ3n) is 6.66. The lowest BCUT2D eigenvalue weighted by Crippen LogP contribution is -2.38. The first-order chi connectivity index (χ1) is 22.4. The Hall–Kier alpha value is -3.53. The molecular weight excluding hydrogens is 802 g/mol. The zero-order valence-electron chi connectivity index (χ0n) is 25.9. The molecule has 4 heterocycles. The Labute approximate surface area is 294 Å². The minimum atomic E-state index is -1.01. The van der Waals surface area contributed by atoms with Crippen LogP contribution < -0.4 is 22.5 Å². The predicted molar refractivity (Wildman–Crippen MR) is 172 cm³/mol. The molecule has 2 fully saturated rings. The van der Waals surface area contributed by atoms with Crippen molar-refractivity contribution in [2.45, 2.75) is 82.2 Å². The van der Waals surface area contributed by atoms with Gasteiger partial charge in [0, 0.05) is 45.7 Å². The average molecular weight is 833 g/mol. The summed E-state index contributed by atoms with van der Waals surface area (Å²) in [5.41, 5.74) is -2.20. The standard InChI is InChI=1S/C14H17ClN2O7.C13H14ClIN2O7/c1-6-4-17(14(21)16-12(6)20)13-10(15)11(23-8(3)19)9(24-13)5-22-7(2)18;1-5(18)22-4-8-10(23-6(2)19)9(14)12(24-8)17-3-7(15)11(20)16-13(17)21/h4,9-11,13H,5H2,1-3H3,(H,16,20,21);3,8-10,12H,4H2,1-2H3,(H,16,20,21)/t9-,10+,11-,13-;8-,9+,10-,12-/m11/s1. The first kappa shape index (κ1) is 38.9. The van der Waals surface area contributed by atoms with E-state index in [4.69, 9.17) is 51.6 Å². The maximum atomic E-state index is 12.0. The van der Waals surface area contributed by atoms with Crippen molar-refractivity contribution in [3.8, 4) is 0 Å². The number of hydrogen-bond donors (Lipinski definition) is 2. The normalized spacial score (nSPS) is 26.2. The van der Waals surface area contributed by atoms with Crippen LogP contribution >= 0.6 is 45.8 Å². The maximum absolute atomic E-state index is 12.0. The number of nitrogens with one attached hydrogen (secondary N) is 2. The van der Waals surface area contributed by atoms with E-state index in [0.717, 1.165) is 9.13 Å². The molecule has 2 aliphatic heterocycles. The van der Waals surface area contributed by atoms with Crippen LogP contribution in [0.1, 0.15) is 45.7 Å². The van der Waals surface area contributed by atoms with Crippen LogP contribution in [-0.4, -0.2) is 91.4 Å². The van der Waals surface area contributed by atoms with Gasteiger partial charge in [0.15, 0.2) is 24.7 Å². The minimum Gasteiger partial charge on any atom is -0.463 e. The molecule has 2 aliphatic rings. The lowest BCUT2D eigenvalue weighted by Gasteiger charge is -2.19. The fourth-order valence-electron chi connectivity index (χ4n) is 4.59. The highest BCUT2D eigenvalue weighted by atomic mass is 127. The molecule has 21 heteroatoms. The van der Waals surface area contributed by atoms with Crippen LogP contribution in [0.25, 0.3) is 0 Å². The molecule has 18 nitrogen and oxygen atoms in total. The van der Waals surface area contributed by atoms with Crippen molar-refractivity contribution in [2.75, 3.05) is 13.2 Å². The number of rotatable bonds is 8. The van der Waals surface area contributed by atoms with E-state index in [-0.39, 0.29) is 22.3 Å². The van der Waals surface area contributed by atoms with Gasteiger partial charge in [-0.15, -0.1) is 23.2 Å². The Morgan fingerprint density at radius 1 is 0.729 bits per heavy atom. The van der Waals surface area contributed by atoms with Crippen molar-refractivity contribution >= 4 is 69.7 Å². The number of halogens is 3. The highest BCUT2D eigenvalue weighted by Gasteiger charge is 2.49. The minimum absolute atomic E-state index is 0.190. The summed E-state index contributed by atoms with van der Waals surface area (Å²) in [6, 6.07) is 0. The third kappa shape index (κ3) is 9.77. The van der Waals surface area contributed by atoms with Crippen LogP contribution in [0.15, 0.2) is 31.6 Å². The molecule has 264 valence electrons. The number of aryl methyl sites for hydroxylation is 1. The second-order valence-corrected chi connectivity index (χ2v) is 12.6. The Morgan fingerprint density at radius 3 is 1.52 bits per heavy atom. The van der Waals surface area contributed by atoms with Crippen molar-refractivity contribution in [3.63, 3.8) is 0 Å². The number of H-pyrrole nitrogens is 2. The van der Waals surface area contributed by atoms with E-state index < -0.39 is 94.0 Å². The lowest BCUT2D eigenvalue weighted by atomic mass is 10.1. The zero-order chi connectivity index (χ0) is 36.0. The Bertz CT molecular complexity index is 1650. The summed E-state index contributed by atoms with van der Waals surface area (Å²) in [5.74, 6) is -2.25. The van der Waals surface area contributed by atoms with Crippen molar-refractivity contribution in [2.24, 2.45) is 0 Å². The van der Waals surface area contributed by atoms with E-state index in [1.807, 2.05) is 0 Å². The fraction of sp³-hybridized carbons (Fsp3) is 0.556. The van der Waals surface area contributed by atoms with Gasteiger partial charge >= 0.3 is 35.3 Å². The van der Waals surface area contributed by atoms with Gasteiger partial charge in [0.2, 0.25) is 0 Å². The molecule has 4 rings (SSSR count). The van der Waals surface area contributed by atoms with Gasteiger partial charge in [-0.3, -0.25) is 47.9 Å². The van der Waals surface area contributed by atoms with E-state index in [9.17, 15) is 38.4 Å². The summed E-state index contributed by atoms with van der Waals surface area (Å²) in [5, 5.41) is -1.84. The molecule has 0 saturated carbocycles. The molecule has 2 aromatic rings. The first-order valence-electron chi connectivity index (χ1n) is 13.9. The number of alkyl halides is 2. The van der Waals surface area contributed by atoms with Gasteiger partial charge in [-0.05, 0) is 29.5 Å². The monoisotopic (exact) mass is 832 g/mol. The summed E-state index contributed by atoms with van der Waals surface area (Å²) >= 11 is 14.4. The fourth-order valence-corrected chi connectivity index (χ4v) is 5.82. The predicted octanol–water partition coefficient (Wildman–Crippen LogP) is -0.0146. The van der Waals surface area contributed by atoms with Gasteiger partial charge in [-0.25, -0.2) is 9.59 Å². The summed E-state index contributed by atoms with van der Waals surface area (Å²) in [6.45, 7) is 5.99. The van der Waals surface area contributed by atoms with Crippen LogP contribution in [0.3, 0.4) is 0 Å². The molecular formula is C27H31Cl2IN4O14. The van der Waals surface area contributed by atoms with Gasteiger partial charge in [-0.2, -0.15) is 0 Å². The number of hydrogen-bond acceptors (Lipinski definition) is 14. The largest absolute Gasteiger partial charge is 0.463 e. The van der Waals surface area contributed by atoms with E-state index in [1.54, 1.807) is 22.6 Å². The van der Waals surface area contributed by atoms with E-state index >= 15 is 0 Å². The Balaban J connectivity index is 0.000000260. The second-order valence-electron chi connectivity index (χ2n) is 10.4. The van der Waals surface area contributed by atoms with Crippen LogP contribution in [-0.2, 0) is 47.6 Å². The van der Waals surface area contributed by atoms with Gasteiger partial charge in [0.25, 0.3) is 11.1 Å². The molecule has 8 atom stereocenters. The molecule has 0 amide bonds. The van der Waals surface area contributed by atoms with Gasteiger partial charge in [0.05, 0.1) is 3.57 Å². The number of carbonyl (C=O) groups is 4. The molecule has 48 heavy (non-hydrogen) atoms. The van der Waals surface area contributed by atoms with Crippen LogP contribution in [0.4, 0.5) is 0 Å². The first-order valence-corrected chi connectivity index (χ1v) is 15.9. The number of aromatic amines is 2. The van der Waals surface area contributed by atoms with Gasteiger partial charge in [0.1, 0.15) is 36.2 Å². The van der Waals surface area contributed by atoms with Gasteiger partial charge in [-0.1, -0.05) is 0 Å². The SMILES string of the molecule is CC(=O)OC[C@H]1O[C@@H](n2cc(C)c(=O)[nH]c2=O)[C@@H](Cl)[C@@H]1OC(C)=O.CC(=O)OC[C@H]1O[C@@H](n2cc(I)c(=O)[nH]c2=O)[C@@H](Cl)[C@@H]1OC(C)=O. The molecule has 2 aromatic heterocycles. The molecule has 0 unspecified atom stereocenters. The third-order valence-corrected chi connectivity index (χ3v) is 8.35. The summed E-state index contributed by atoms with van der Waals surface area (Å²) in [6.07, 6.45) is -2.95. The number of carbonyl (C=O) groups excluding carboxylic acids is 4. The summed E-state index contributed by atoms with van der Waals surface area (Å²) in [4.78, 5) is 95.7. The quantitative estimate of drug-likeness (QED) is 0.154. The summed E-state index contributed by atoms with van der Waals surface area (Å²) < 4.78 is 33.8. The van der Waals surface area contributed by atoms with E-state index in [1.165, 1.54) is 47.0 Å². The highest BCUT2D eigenvalue weighted by Crippen LogP contribution is 2.36. The van der Waals surface area contributed by atoms with E-state index in [2.05, 4.69) is 9.97 Å². The molecule has 0 spiro atoms. The molecule has 2 N–H and O–H groups in total. The number of esters is 4. The highest BCUT2D eigenvalue weighted by molar-refractivity contribution is 14.1. The molecule has 2 saturated heterocycles. The number of nitrogens with zero attached hydrogens (tertiary/aromatic N) is 2. The number of aromatic nitrogens is 4. The summed E-state index contributed by atoms with van der Waals surface area (Å²) in [7, 11) is 0. The lowest BCUT2D eigenvalue weighted by molar-refractivity contribution is -0.157. The number of ether oxygens (including phenoxy) is 6. The van der Waals surface area contributed by atoms with Crippen molar-refractivity contribution in [3.05, 3.63) is 63.2 Å². The molecule has 0 bridgehead atoms.